The molecule has 0 heterocycles. The van der Waals surface area contributed by atoms with E-state index >= 15 is 0 Å². The van der Waals surface area contributed by atoms with Crippen molar-refractivity contribution in [1.82, 2.24) is 0 Å². The van der Waals surface area contributed by atoms with Crippen LogP contribution in [0.4, 0.5) is 11.4 Å². The Labute approximate surface area is 192 Å². The number of ether oxygens (including phenoxy) is 2. The summed E-state index contributed by atoms with van der Waals surface area (Å²) in [5, 5.41) is 14.0. The fourth-order valence-electron chi connectivity index (χ4n) is 2.60. The van der Waals surface area contributed by atoms with Crippen molar-refractivity contribution < 1.29 is 24.0 Å². The molecule has 0 spiro atoms. The van der Waals surface area contributed by atoms with E-state index in [-0.39, 0.29) is 29.5 Å². The number of benzene rings is 3. The number of carbonyl (C=O) groups excluding carboxylic acids is 2. The van der Waals surface area contributed by atoms with Crippen molar-refractivity contribution in [2.24, 2.45) is 0 Å². The molecule has 10 heteroatoms. The van der Waals surface area contributed by atoms with Gasteiger partial charge in [-0.15, -0.1) is 0 Å². The van der Waals surface area contributed by atoms with E-state index in [1.165, 1.54) is 42.5 Å². The molecular weight excluding hydrogens is 459 g/mol. The van der Waals surface area contributed by atoms with Crippen LogP contribution in [0.2, 0.25) is 10.0 Å². The number of nitrogens with one attached hydrogen (secondary N) is 1. The number of nitro benzene ring substituents is 1. The molecule has 1 amide bonds. The lowest BCUT2D eigenvalue weighted by molar-refractivity contribution is -0.384. The first-order valence-corrected chi connectivity index (χ1v) is 9.95. The lowest BCUT2D eigenvalue weighted by Gasteiger charge is -2.10. The van der Waals surface area contributed by atoms with Gasteiger partial charge in [0.25, 0.3) is 11.6 Å². The number of carbonyl (C=O) groups is 2. The van der Waals surface area contributed by atoms with Gasteiger partial charge in [0.2, 0.25) is 0 Å². The Morgan fingerprint density at radius 1 is 1.00 bits per heavy atom. The number of halogens is 2. The van der Waals surface area contributed by atoms with E-state index < -0.39 is 16.8 Å². The summed E-state index contributed by atoms with van der Waals surface area (Å²) in [4.78, 5) is 34.6. The minimum absolute atomic E-state index is 0.0502. The van der Waals surface area contributed by atoms with Crippen LogP contribution in [0.25, 0.3) is 0 Å². The second-order valence-electron chi connectivity index (χ2n) is 6.49. The first-order chi connectivity index (χ1) is 15.3. The number of rotatable bonds is 8. The first kappa shape index (κ1) is 23.1. The van der Waals surface area contributed by atoms with Gasteiger partial charge in [0, 0.05) is 22.8 Å². The number of nitro groups is 1. The summed E-state index contributed by atoms with van der Waals surface area (Å²) in [5.74, 6) is -0.745. The highest BCUT2D eigenvalue weighted by Crippen LogP contribution is 2.27. The third-order valence-corrected chi connectivity index (χ3v) is 4.68. The van der Waals surface area contributed by atoms with Gasteiger partial charge < -0.3 is 14.8 Å². The van der Waals surface area contributed by atoms with Crippen molar-refractivity contribution in [3.05, 3.63) is 98.0 Å². The number of hydrogen-bond donors (Lipinski definition) is 1. The Hall–Kier alpha value is -3.62. The second-order valence-corrected chi connectivity index (χ2v) is 7.34. The lowest BCUT2D eigenvalue weighted by Crippen LogP contribution is -2.20. The van der Waals surface area contributed by atoms with Crippen LogP contribution in [0, 0.1) is 10.1 Å². The maximum atomic E-state index is 12.3. The van der Waals surface area contributed by atoms with Crippen LogP contribution in [-0.4, -0.2) is 23.4 Å². The van der Waals surface area contributed by atoms with Crippen molar-refractivity contribution in [3.63, 3.8) is 0 Å². The largest absolute Gasteiger partial charge is 0.482 e. The van der Waals surface area contributed by atoms with E-state index in [0.29, 0.717) is 22.0 Å². The molecule has 0 aliphatic carbocycles. The van der Waals surface area contributed by atoms with Crippen molar-refractivity contribution in [2.45, 2.75) is 6.61 Å². The lowest BCUT2D eigenvalue weighted by atomic mass is 10.2. The highest BCUT2D eigenvalue weighted by atomic mass is 35.5. The van der Waals surface area contributed by atoms with E-state index in [1.54, 1.807) is 24.3 Å². The van der Waals surface area contributed by atoms with Gasteiger partial charge in [-0.2, -0.15) is 0 Å². The number of non-ortho nitro benzene ring substituents is 1. The van der Waals surface area contributed by atoms with E-state index in [9.17, 15) is 19.7 Å². The summed E-state index contributed by atoms with van der Waals surface area (Å²) in [6.07, 6.45) is 0. The van der Waals surface area contributed by atoms with Crippen LogP contribution in [-0.2, 0) is 16.1 Å². The van der Waals surface area contributed by atoms with Gasteiger partial charge in [-0.3, -0.25) is 14.9 Å². The number of nitrogens with zero attached hydrogens (tertiary/aromatic N) is 1. The van der Waals surface area contributed by atoms with E-state index in [2.05, 4.69) is 5.32 Å². The van der Waals surface area contributed by atoms with Crippen LogP contribution in [0.1, 0.15) is 15.9 Å². The van der Waals surface area contributed by atoms with E-state index in [4.69, 9.17) is 32.7 Å². The Balaban J connectivity index is 1.54. The minimum Gasteiger partial charge on any atom is -0.482 e. The molecular formula is C22H16Cl2N2O6. The molecule has 0 saturated carbocycles. The maximum Gasteiger partial charge on any atom is 0.338 e. The van der Waals surface area contributed by atoms with Gasteiger partial charge in [0.1, 0.15) is 12.4 Å². The summed E-state index contributed by atoms with van der Waals surface area (Å²) < 4.78 is 10.6. The van der Waals surface area contributed by atoms with Crippen LogP contribution < -0.4 is 10.1 Å². The van der Waals surface area contributed by atoms with Crippen molar-refractivity contribution in [1.29, 1.82) is 0 Å². The molecule has 0 fully saturated rings. The maximum absolute atomic E-state index is 12.3. The summed E-state index contributed by atoms with van der Waals surface area (Å²) >= 11 is 11.8. The zero-order chi connectivity index (χ0) is 23.1. The third-order valence-electron chi connectivity index (χ3n) is 4.15. The molecule has 0 aliphatic heterocycles. The van der Waals surface area contributed by atoms with Crippen LogP contribution in [0.5, 0.6) is 5.75 Å². The van der Waals surface area contributed by atoms with Gasteiger partial charge in [-0.1, -0.05) is 29.3 Å². The summed E-state index contributed by atoms with van der Waals surface area (Å²) in [6, 6.07) is 16.5. The fraction of sp³-hybridized carbons (Fsp3) is 0.0909. The van der Waals surface area contributed by atoms with Crippen molar-refractivity contribution in [3.8, 4) is 5.75 Å². The van der Waals surface area contributed by atoms with Crippen molar-refractivity contribution in [2.75, 3.05) is 11.9 Å². The zero-order valence-corrected chi connectivity index (χ0v) is 17.9. The molecule has 0 unspecified atom stereocenters. The monoisotopic (exact) mass is 474 g/mol. The molecule has 3 aromatic rings. The van der Waals surface area contributed by atoms with E-state index in [1.807, 2.05) is 0 Å². The van der Waals surface area contributed by atoms with Crippen LogP contribution in [0.15, 0.2) is 66.7 Å². The highest BCUT2D eigenvalue weighted by molar-refractivity contribution is 6.35. The SMILES string of the molecule is O=C(COc1ccc(Cl)cc1Cl)Nc1cccc(C(=O)OCc2ccc([N+](=O)[O-])cc2)c1. The summed E-state index contributed by atoms with van der Waals surface area (Å²) in [6.45, 7) is -0.348. The van der Waals surface area contributed by atoms with Crippen LogP contribution >= 0.6 is 23.2 Å². The minimum atomic E-state index is -0.608. The number of hydrogen-bond acceptors (Lipinski definition) is 6. The van der Waals surface area contributed by atoms with Gasteiger partial charge in [-0.25, -0.2) is 4.79 Å². The standard InChI is InChI=1S/C22H16Cl2N2O6/c23-16-6-9-20(19(24)11-16)31-13-21(27)25-17-3-1-2-15(10-17)22(28)32-12-14-4-7-18(8-5-14)26(29)30/h1-11H,12-13H2,(H,25,27). The molecule has 1 N–H and O–H groups in total. The summed E-state index contributed by atoms with van der Waals surface area (Å²) in [7, 11) is 0. The van der Waals surface area contributed by atoms with Gasteiger partial charge >= 0.3 is 5.97 Å². The van der Waals surface area contributed by atoms with Crippen molar-refractivity contribution >= 4 is 46.5 Å². The molecule has 164 valence electrons. The molecule has 3 aromatic carbocycles. The Morgan fingerprint density at radius 2 is 1.75 bits per heavy atom. The van der Waals surface area contributed by atoms with Gasteiger partial charge in [0.05, 0.1) is 15.5 Å². The summed E-state index contributed by atoms with van der Waals surface area (Å²) in [5.41, 5.74) is 1.16. The number of anilines is 1. The molecule has 0 atom stereocenters. The quantitative estimate of drug-likeness (QED) is 0.270. The third kappa shape index (κ3) is 6.44. The average molecular weight is 475 g/mol. The predicted molar refractivity (Wildman–Crippen MR) is 119 cm³/mol. The second kappa shape index (κ2) is 10.6. The Morgan fingerprint density at radius 3 is 2.44 bits per heavy atom. The Bertz CT molecular complexity index is 1150. The number of esters is 1. The average Bonchev–Trinajstić information content (AvgIpc) is 2.77. The van der Waals surface area contributed by atoms with Gasteiger partial charge in [0.15, 0.2) is 6.61 Å². The molecule has 0 radical (unpaired) electrons. The van der Waals surface area contributed by atoms with Gasteiger partial charge in [-0.05, 0) is 54.1 Å². The zero-order valence-electron chi connectivity index (χ0n) is 16.4. The Kier molecular flexibility index (Phi) is 7.64. The molecule has 8 nitrogen and oxygen atoms in total. The molecule has 32 heavy (non-hydrogen) atoms. The highest BCUT2D eigenvalue weighted by Gasteiger charge is 2.12. The predicted octanol–water partition coefficient (Wildman–Crippen LogP) is 5.28. The topological polar surface area (TPSA) is 108 Å². The molecule has 0 saturated heterocycles. The van der Waals surface area contributed by atoms with Crippen LogP contribution in [0.3, 0.4) is 0 Å². The van der Waals surface area contributed by atoms with E-state index in [0.717, 1.165) is 0 Å². The first-order valence-electron chi connectivity index (χ1n) is 9.20. The smallest absolute Gasteiger partial charge is 0.338 e. The molecule has 3 rings (SSSR count). The fourth-order valence-corrected chi connectivity index (χ4v) is 3.07. The molecule has 0 aliphatic rings. The normalized spacial score (nSPS) is 10.3. The molecule has 0 aromatic heterocycles. The molecule has 0 bridgehead atoms. The number of amides is 1.